The molecule has 0 N–H and O–H groups in total. The minimum absolute atomic E-state index is 0.447. The minimum atomic E-state index is 0.447. The summed E-state index contributed by atoms with van der Waals surface area (Å²) < 4.78 is 28.6. The van der Waals surface area contributed by atoms with Gasteiger partial charge < -0.3 is 28.6 Å². The fraction of sp³-hybridized carbons (Fsp3) is 0.500. The predicted octanol–water partition coefficient (Wildman–Crippen LogP) is 2.80. The van der Waals surface area contributed by atoms with Crippen LogP contribution in [0.5, 0.6) is 23.0 Å². The largest absolute Gasteiger partial charge is 0.492 e. The van der Waals surface area contributed by atoms with E-state index < -0.39 is 0 Å². The highest BCUT2D eigenvalue weighted by Crippen LogP contribution is 2.21. The number of morpholine rings is 1. The van der Waals surface area contributed by atoms with Crippen LogP contribution in [0.3, 0.4) is 0 Å². The Morgan fingerprint density at radius 3 is 1.74 bits per heavy atom. The molecule has 1 aliphatic rings. The average Bonchev–Trinajstić information content (AvgIpc) is 2.78. The molecule has 7 heteroatoms. The van der Waals surface area contributed by atoms with Crippen molar-refractivity contribution in [2.45, 2.75) is 0 Å². The number of nitrogens with zero attached hydrogens (tertiary/aromatic N) is 2. The Hall–Kier alpha value is -2.48. The molecule has 7 nitrogen and oxygen atoms in total. The Kier molecular flexibility index (Phi) is 9.76. The molecular weight excluding hydrogens is 396 g/mol. The summed E-state index contributed by atoms with van der Waals surface area (Å²) in [6, 6.07) is 15.4. The van der Waals surface area contributed by atoms with Gasteiger partial charge in [0.15, 0.2) is 0 Å². The van der Waals surface area contributed by atoms with Crippen LogP contribution in [0.15, 0.2) is 48.5 Å². The van der Waals surface area contributed by atoms with Crippen molar-refractivity contribution in [3.05, 3.63) is 48.5 Å². The maximum Gasteiger partial charge on any atom is 0.123 e. The molecule has 31 heavy (non-hydrogen) atoms. The fourth-order valence-electron chi connectivity index (χ4n) is 3.09. The van der Waals surface area contributed by atoms with Gasteiger partial charge in [-0.25, -0.2) is 0 Å². The van der Waals surface area contributed by atoms with Crippen molar-refractivity contribution in [2.75, 3.05) is 79.9 Å². The van der Waals surface area contributed by atoms with E-state index in [1.165, 1.54) is 0 Å². The zero-order valence-electron chi connectivity index (χ0n) is 18.6. The lowest BCUT2D eigenvalue weighted by Gasteiger charge is -2.26. The van der Waals surface area contributed by atoms with Crippen molar-refractivity contribution in [2.24, 2.45) is 0 Å². The molecule has 0 aliphatic carbocycles. The highest BCUT2D eigenvalue weighted by molar-refractivity contribution is 5.34. The summed E-state index contributed by atoms with van der Waals surface area (Å²) in [5.41, 5.74) is 0. The third-order valence-corrected chi connectivity index (χ3v) is 4.82. The van der Waals surface area contributed by atoms with Gasteiger partial charge in [-0.05, 0) is 38.4 Å². The number of hydrogen-bond donors (Lipinski definition) is 0. The molecule has 0 bridgehead atoms. The van der Waals surface area contributed by atoms with Gasteiger partial charge in [-0.3, -0.25) is 4.90 Å². The van der Waals surface area contributed by atoms with Crippen molar-refractivity contribution in [3.63, 3.8) is 0 Å². The Bertz CT molecular complexity index is 765. The first-order chi connectivity index (χ1) is 15.2. The fourth-order valence-corrected chi connectivity index (χ4v) is 3.09. The summed E-state index contributed by atoms with van der Waals surface area (Å²) in [6.45, 7) is 7.51. The molecule has 1 fully saturated rings. The molecule has 1 saturated heterocycles. The van der Waals surface area contributed by atoms with E-state index in [0.29, 0.717) is 26.4 Å². The first-order valence-electron chi connectivity index (χ1n) is 10.9. The van der Waals surface area contributed by atoms with Gasteiger partial charge in [0, 0.05) is 38.3 Å². The van der Waals surface area contributed by atoms with Crippen LogP contribution in [-0.4, -0.2) is 89.7 Å². The molecule has 3 rings (SSSR count). The molecule has 1 heterocycles. The Labute approximate surface area is 185 Å². The molecule has 0 saturated carbocycles. The monoisotopic (exact) mass is 430 g/mol. The molecule has 0 radical (unpaired) electrons. The molecule has 170 valence electrons. The van der Waals surface area contributed by atoms with Gasteiger partial charge in [0.25, 0.3) is 0 Å². The maximum absolute atomic E-state index is 5.87. The first-order valence-corrected chi connectivity index (χ1v) is 10.9. The average molecular weight is 431 g/mol. The molecule has 2 aromatic carbocycles. The quantitative estimate of drug-likeness (QED) is 0.453. The van der Waals surface area contributed by atoms with Crippen LogP contribution < -0.4 is 18.9 Å². The zero-order valence-corrected chi connectivity index (χ0v) is 18.6. The lowest BCUT2D eigenvalue weighted by Crippen LogP contribution is -2.38. The summed E-state index contributed by atoms with van der Waals surface area (Å²) in [6.07, 6.45) is 0. The summed E-state index contributed by atoms with van der Waals surface area (Å²) in [5.74, 6) is 3.16. The van der Waals surface area contributed by atoms with Crippen LogP contribution in [0.2, 0.25) is 0 Å². The van der Waals surface area contributed by atoms with E-state index in [9.17, 15) is 0 Å². The second kappa shape index (κ2) is 13.0. The molecule has 0 amide bonds. The van der Waals surface area contributed by atoms with E-state index in [4.69, 9.17) is 23.7 Å². The van der Waals surface area contributed by atoms with Crippen LogP contribution in [0.1, 0.15) is 0 Å². The number of rotatable bonds is 13. The molecule has 0 spiro atoms. The van der Waals surface area contributed by atoms with Gasteiger partial charge in [-0.1, -0.05) is 12.1 Å². The first kappa shape index (κ1) is 23.2. The number of likely N-dealkylation sites (N-methyl/N-ethyl adjacent to an activating group) is 1. The summed E-state index contributed by atoms with van der Waals surface area (Å²) >= 11 is 0. The molecule has 2 aromatic rings. The van der Waals surface area contributed by atoms with Crippen LogP contribution >= 0.6 is 0 Å². The van der Waals surface area contributed by atoms with Crippen LogP contribution in [0, 0.1) is 0 Å². The van der Waals surface area contributed by atoms with E-state index >= 15 is 0 Å². The summed E-state index contributed by atoms with van der Waals surface area (Å²) in [5, 5.41) is 0. The minimum Gasteiger partial charge on any atom is -0.492 e. The van der Waals surface area contributed by atoms with Crippen molar-refractivity contribution in [1.29, 1.82) is 0 Å². The number of hydrogen-bond acceptors (Lipinski definition) is 7. The molecular formula is C24H34N2O5. The van der Waals surface area contributed by atoms with Crippen molar-refractivity contribution < 1.29 is 23.7 Å². The van der Waals surface area contributed by atoms with E-state index in [1.807, 2.05) is 62.6 Å². The Balaban J connectivity index is 1.34. The normalized spacial score (nSPS) is 14.4. The standard InChI is InChI=1S/C24H34N2O5/c1-25(2)9-15-28-21-5-3-7-23(19-21)30-17-18-31-24-8-4-6-22(20-24)29-16-12-26-10-13-27-14-11-26/h3-8,19-20H,9-18H2,1-2H3. The molecule has 1 aliphatic heterocycles. The van der Waals surface area contributed by atoms with Crippen LogP contribution in [0.25, 0.3) is 0 Å². The Morgan fingerprint density at radius 2 is 1.23 bits per heavy atom. The predicted molar refractivity (Wildman–Crippen MR) is 121 cm³/mol. The maximum atomic E-state index is 5.87. The van der Waals surface area contributed by atoms with Gasteiger partial charge in [0.1, 0.15) is 49.4 Å². The van der Waals surface area contributed by atoms with Crippen molar-refractivity contribution in [3.8, 4) is 23.0 Å². The molecule has 0 aromatic heterocycles. The van der Waals surface area contributed by atoms with E-state index in [-0.39, 0.29) is 0 Å². The highest BCUT2D eigenvalue weighted by atomic mass is 16.5. The molecule has 0 atom stereocenters. The van der Waals surface area contributed by atoms with Crippen molar-refractivity contribution >= 4 is 0 Å². The van der Waals surface area contributed by atoms with E-state index in [0.717, 1.165) is 62.4 Å². The van der Waals surface area contributed by atoms with Gasteiger partial charge in [-0.15, -0.1) is 0 Å². The van der Waals surface area contributed by atoms with Gasteiger partial charge >= 0.3 is 0 Å². The third kappa shape index (κ3) is 9.04. The Morgan fingerprint density at radius 1 is 0.742 bits per heavy atom. The number of benzene rings is 2. The lowest BCUT2D eigenvalue weighted by molar-refractivity contribution is 0.0322. The molecule has 0 unspecified atom stereocenters. The van der Waals surface area contributed by atoms with Crippen LogP contribution in [-0.2, 0) is 4.74 Å². The van der Waals surface area contributed by atoms with Gasteiger partial charge in [-0.2, -0.15) is 0 Å². The third-order valence-electron chi connectivity index (χ3n) is 4.82. The van der Waals surface area contributed by atoms with E-state index in [2.05, 4.69) is 9.80 Å². The summed E-state index contributed by atoms with van der Waals surface area (Å²) in [4.78, 5) is 4.44. The lowest BCUT2D eigenvalue weighted by atomic mass is 10.3. The van der Waals surface area contributed by atoms with E-state index in [1.54, 1.807) is 0 Å². The second-order valence-corrected chi connectivity index (χ2v) is 7.60. The van der Waals surface area contributed by atoms with Gasteiger partial charge in [0.2, 0.25) is 0 Å². The second-order valence-electron chi connectivity index (χ2n) is 7.60. The zero-order chi connectivity index (χ0) is 21.7. The smallest absolute Gasteiger partial charge is 0.123 e. The SMILES string of the molecule is CN(C)CCOc1cccc(OCCOc2cccc(OCCN3CCOCC3)c2)c1. The van der Waals surface area contributed by atoms with Crippen LogP contribution in [0.4, 0.5) is 0 Å². The number of ether oxygens (including phenoxy) is 5. The topological polar surface area (TPSA) is 52.6 Å². The van der Waals surface area contributed by atoms with Gasteiger partial charge in [0.05, 0.1) is 13.2 Å². The summed E-state index contributed by atoms with van der Waals surface area (Å²) in [7, 11) is 4.05. The van der Waals surface area contributed by atoms with Crippen molar-refractivity contribution in [1.82, 2.24) is 9.80 Å². The highest BCUT2D eigenvalue weighted by Gasteiger charge is 2.09.